The van der Waals surface area contributed by atoms with Gasteiger partial charge in [0.25, 0.3) is 5.56 Å². The number of benzene rings is 1. The minimum atomic E-state index is -0.223. The van der Waals surface area contributed by atoms with Crippen LogP contribution in [0.15, 0.2) is 47.4 Å². The number of hydrogen-bond donors (Lipinski definition) is 1. The number of aryl methyl sites for hydroxylation is 1. The van der Waals surface area contributed by atoms with Crippen LogP contribution in [0, 0.1) is 0 Å². The standard InChI is InChI=1S/C25H30ClN5O3/c1-5-19-24(29-20-14-31(15-21(20)34-6-2)22-9-7-8-12-27-22)30(3)25(32)23(28-19)17-11-10-16(33-4)13-18(17)26/h7-13,20-21,29H,5-6,14-15H2,1-4H3/t20-,21+/m1/s1. The molecule has 3 aromatic rings. The number of anilines is 2. The van der Waals surface area contributed by atoms with Gasteiger partial charge in [0.15, 0.2) is 0 Å². The second kappa shape index (κ2) is 10.4. The van der Waals surface area contributed by atoms with Crippen LogP contribution < -0.4 is 20.5 Å². The van der Waals surface area contributed by atoms with Crippen LogP contribution in [-0.2, 0) is 18.2 Å². The maximum atomic E-state index is 13.4. The van der Waals surface area contributed by atoms with E-state index in [-0.39, 0.29) is 17.7 Å². The quantitative estimate of drug-likeness (QED) is 0.522. The number of methoxy groups -OCH3 is 1. The van der Waals surface area contributed by atoms with Crippen molar-refractivity contribution in [3.05, 3.63) is 63.7 Å². The van der Waals surface area contributed by atoms with Crippen LogP contribution in [-0.4, -0.2) is 53.5 Å². The Kier molecular flexibility index (Phi) is 7.38. The van der Waals surface area contributed by atoms with Gasteiger partial charge < -0.3 is 19.7 Å². The fraction of sp³-hybridized carbons (Fsp3) is 0.400. The van der Waals surface area contributed by atoms with Gasteiger partial charge in [-0.25, -0.2) is 9.97 Å². The zero-order valence-electron chi connectivity index (χ0n) is 19.9. The molecule has 3 heterocycles. The molecule has 0 bridgehead atoms. The van der Waals surface area contributed by atoms with E-state index in [1.807, 2.05) is 32.0 Å². The van der Waals surface area contributed by atoms with Crippen LogP contribution in [0.5, 0.6) is 5.75 Å². The number of aromatic nitrogens is 3. The summed E-state index contributed by atoms with van der Waals surface area (Å²) < 4.78 is 12.9. The maximum Gasteiger partial charge on any atom is 0.278 e. The molecule has 34 heavy (non-hydrogen) atoms. The van der Waals surface area contributed by atoms with Gasteiger partial charge in [0.1, 0.15) is 23.1 Å². The Bertz CT molecular complexity index is 1200. The third kappa shape index (κ3) is 4.74. The smallest absolute Gasteiger partial charge is 0.278 e. The number of pyridine rings is 1. The number of nitrogens with one attached hydrogen (secondary N) is 1. The molecule has 0 spiro atoms. The molecule has 180 valence electrons. The van der Waals surface area contributed by atoms with Gasteiger partial charge in [-0.3, -0.25) is 9.36 Å². The van der Waals surface area contributed by atoms with Crippen LogP contribution in [0.4, 0.5) is 11.6 Å². The molecule has 0 amide bonds. The summed E-state index contributed by atoms with van der Waals surface area (Å²) in [5.74, 6) is 2.22. The first-order chi connectivity index (χ1) is 16.5. The van der Waals surface area contributed by atoms with E-state index in [1.54, 1.807) is 43.1 Å². The summed E-state index contributed by atoms with van der Waals surface area (Å²) in [5.41, 5.74) is 1.47. The summed E-state index contributed by atoms with van der Waals surface area (Å²) in [6.45, 7) is 6.02. The number of halogens is 1. The molecule has 8 nitrogen and oxygen atoms in total. The minimum Gasteiger partial charge on any atom is -0.497 e. The van der Waals surface area contributed by atoms with Crippen molar-refractivity contribution in [2.45, 2.75) is 32.4 Å². The van der Waals surface area contributed by atoms with Gasteiger partial charge in [0.05, 0.1) is 30.0 Å². The van der Waals surface area contributed by atoms with Crippen LogP contribution >= 0.6 is 11.6 Å². The van der Waals surface area contributed by atoms with E-state index in [0.717, 1.165) is 11.5 Å². The van der Waals surface area contributed by atoms with E-state index in [2.05, 4.69) is 15.2 Å². The summed E-state index contributed by atoms with van der Waals surface area (Å²) in [7, 11) is 3.33. The summed E-state index contributed by atoms with van der Waals surface area (Å²) in [5, 5.41) is 3.99. The highest BCUT2D eigenvalue weighted by Gasteiger charge is 2.35. The predicted octanol–water partition coefficient (Wildman–Crippen LogP) is 3.77. The summed E-state index contributed by atoms with van der Waals surface area (Å²) in [4.78, 5) is 24.8. The zero-order valence-corrected chi connectivity index (χ0v) is 20.7. The van der Waals surface area contributed by atoms with Crippen molar-refractivity contribution in [1.29, 1.82) is 0 Å². The number of hydrogen-bond acceptors (Lipinski definition) is 7. The Hall–Kier alpha value is -3.10. The second-order valence-corrected chi connectivity index (χ2v) is 8.56. The highest BCUT2D eigenvalue weighted by molar-refractivity contribution is 6.33. The van der Waals surface area contributed by atoms with Gasteiger partial charge in [-0.05, 0) is 43.7 Å². The molecule has 2 aromatic heterocycles. The van der Waals surface area contributed by atoms with Crippen LogP contribution in [0.25, 0.3) is 11.3 Å². The molecule has 1 aliphatic rings. The Balaban J connectivity index is 1.68. The molecular weight excluding hydrogens is 454 g/mol. The van der Waals surface area contributed by atoms with Crippen molar-refractivity contribution < 1.29 is 9.47 Å². The molecule has 1 fully saturated rings. The van der Waals surface area contributed by atoms with Gasteiger partial charge in [0, 0.05) is 38.5 Å². The normalized spacial score (nSPS) is 17.7. The largest absolute Gasteiger partial charge is 0.497 e. The molecule has 0 aliphatic carbocycles. The highest BCUT2D eigenvalue weighted by atomic mass is 35.5. The first-order valence-corrected chi connectivity index (χ1v) is 11.8. The molecule has 0 radical (unpaired) electrons. The van der Waals surface area contributed by atoms with E-state index >= 15 is 0 Å². The fourth-order valence-electron chi connectivity index (χ4n) is 4.31. The van der Waals surface area contributed by atoms with Crippen LogP contribution in [0.1, 0.15) is 19.5 Å². The Labute approximate surface area is 204 Å². The first kappa shape index (κ1) is 24.0. The van der Waals surface area contributed by atoms with Gasteiger partial charge in [-0.2, -0.15) is 0 Å². The lowest BCUT2D eigenvalue weighted by Gasteiger charge is -2.24. The van der Waals surface area contributed by atoms with Crippen molar-refractivity contribution >= 4 is 23.2 Å². The lowest BCUT2D eigenvalue weighted by atomic mass is 10.1. The first-order valence-electron chi connectivity index (χ1n) is 11.4. The van der Waals surface area contributed by atoms with E-state index in [4.69, 9.17) is 26.1 Å². The van der Waals surface area contributed by atoms with Crippen LogP contribution in [0.3, 0.4) is 0 Å². The van der Waals surface area contributed by atoms with E-state index in [0.29, 0.717) is 54.0 Å². The average Bonchev–Trinajstić information content (AvgIpc) is 3.25. The van der Waals surface area contributed by atoms with E-state index in [1.165, 1.54) is 0 Å². The Morgan fingerprint density at radius 3 is 2.68 bits per heavy atom. The fourth-order valence-corrected chi connectivity index (χ4v) is 4.57. The van der Waals surface area contributed by atoms with Crippen molar-refractivity contribution in [2.24, 2.45) is 7.05 Å². The molecule has 9 heteroatoms. The van der Waals surface area contributed by atoms with E-state index < -0.39 is 0 Å². The SMILES string of the molecule is CCO[C@H]1CN(c2ccccn2)C[C@H]1Nc1c(CC)nc(-c2ccc(OC)cc2Cl)c(=O)n1C. The maximum absolute atomic E-state index is 13.4. The molecule has 1 aromatic carbocycles. The topological polar surface area (TPSA) is 81.5 Å². The van der Waals surface area contributed by atoms with Gasteiger partial charge in [-0.1, -0.05) is 24.6 Å². The van der Waals surface area contributed by atoms with Crippen molar-refractivity contribution in [3.63, 3.8) is 0 Å². The number of rotatable bonds is 8. The minimum absolute atomic E-state index is 0.0323. The zero-order chi connectivity index (χ0) is 24.2. The third-order valence-electron chi connectivity index (χ3n) is 6.07. The molecule has 1 N–H and O–H groups in total. The van der Waals surface area contributed by atoms with Crippen molar-refractivity contribution in [2.75, 3.05) is 37.0 Å². The lowest BCUT2D eigenvalue weighted by molar-refractivity contribution is 0.0718. The monoisotopic (exact) mass is 483 g/mol. The Morgan fingerprint density at radius 1 is 1.21 bits per heavy atom. The average molecular weight is 484 g/mol. The molecule has 1 saturated heterocycles. The number of ether oxygens (including phenoxy) is 2. The highest BCUT2D eigenvalue weighted by Crippen LogP contribution is 2.30. The predicted molar refractivity (Wildman–Crippen MR) is 135 cm³/mol. The van der Waals surface area contributed by atoms with E-state index in [9.17, 15) is 4.79 Å². The molecule has 2 atom stereocenters. The van der Waals surface area contributed by atoms with Crippen molar-refractivity contribution in [3.8, 4) is 17.0 Å². The van der Waals surface area contributed by atoms with Gasteiger partial charge >= 0.3 is 0 Å². The Morgan fingerprint density at radius 2 is 2.03 bits per heavy atom. The summed E-state index contributed by atoms with van der Waals surface area (Å²) in [6, 6.07) is 11.1. The van der Waals surface area contributed by atoms with Gasteiger partial charge in [0.2, 0.25) is 0 Å². The molecule has 0 unspecified atom stereocenters. The second-order valence-electron chi connectivity index (χ2n) is 8.16. The summed E-state index contributed by atoms with van der Waals surface area (Å²) in [6.07, 6.45) is 2.38. The van der Waals surface area contributed by atoms with Crippen LogP contribution in [0.2, 0.25) is 5.02 Å². The lowest BCUT2D eigenvalue weighted by Crippen LogP contribution is -2.37. The third-order valence-corrected chi connectivity index (χ3v) is 6.38. The van der Waals surface area contributed by atoms with Crippen molar-refractivity contribution in [1.82, 2.24) is 14.5 Å². The molecular formula is C25H30ClN5O3. The molecule has 1 aliphatic heterocycles. The molecule has 4 rings (SSSR count). The van der Waals surface area contributed by atoms with Gasteiger partial charge in [-0.15, -0.1) is 0 Å². The summed E-state index contributed by atoms with van der Waals surface area (Å²) >= 11 is 6.46. The number of nitrogens with zero attached hydrogens (tertiary/aromatic N) is 4. The molecule has 0 saturated carbocycles.